The highest BCUT2D eigenvalue weighted by Crippen LogP contribution is 2.40. The van der Waals surface area contributed by atoms with Gasteiger partial charge in [-0.15, -0.1) is 0 Å². The third-order valence-corrected chi connectivity index (χ3v) is 5.94. The van der Waals surface area contributed by atoms with E-state index in [2.05, 4.69) is 20.7 Å². The van der Waals surface area contributed by atoms with Crippen LogP contribution in [0.3, 0.4) is 0 Å². The third kappa shape index (κ3) is 4.81. The van der Waals surface area contributed by atoms with E-state index in [0.717, 1.165) is 37.1 Å². The van der Waals surface area contributed by atoms with Crippen LogP contribution in [0.25, 0.3) is 0 Å². The van der Waals surface area contributed by atoms with Crippen LogP contribution in [-0.2, 0) is 16.0 Å². The molecule has 30 heavy (non-hydrogen) atoms. The number of carboxylic acid groups (broad SMARTS) is 1. The number of aromatic nitrogens is 3. The zero-order valence-corrected chi connectivity index (χ0v) is 17.0. The number of morpholine rings is 1. The maximum atomic E-state index is 12.2. The average Bonchev–Trinajstić information content (AvgIpc) is 3.44. The molecule has 2 unspecified atom stereocenters. The lowest BCUT2D eigenvalue weighted by atomic mass is 9.95. The fraction of sp³-hybridized carbons (Fsp3) is 0.600. The van der Waals surface area contributed by atoms with Crippen molar-refractivity contribution < 1.29 is 24.0 Å². The van der Waals surface area contributed by atoms with E-state index >= 15 is 0 Å². The monoisotopic (exact) mass is 417 g/mol. The summed E-state index contributed by atoms with van der Waals surface area (Å²) >= 11 is 0. The van der Waals surface area contributed by atoms with Gasteiger partial charge >= 0.3 is 6.09 Å². The Morgan fingerprint density at radius 3 is 3.00 bits per heavy atom. The molecular formula is C20H27N5O5. The molecule has 0 spiro atoms. The Labute approximate surface area is 173 Å². The summed E-state index contributed by atoms with van der Waals surface area (Å²) in [6, 6.07) is 3.54. The Bertz CT molecular complexity index is 894. The van der Waals surface area contributed by atoms with Gasteiger partial charge in [0.25, 0.3) is 0 Å². The van der Waals surface area contributed by atoms with Gasteiger partial charge in [-0.1, -0.05) is 5.16 Å². The van der Waals surface area contributed by atoms with Crippen LogP contribution in [0.5, 0.6) is 0 Å². The predicted molar refractivity (Wildman–Crippen MR) is 106 cm³/mol. The summed E-state index contributed by atoms with van der Waals surface area (Å²) in [5.41, 5.74) is 1.74. The minimum atomic E-state index is -0.868. The van der Waals surface area contributed by atoms with Crippen LogP contribution in [0, 0.1) is 12.8 Å². The number of aromatic amines is 1. The van der Waals surface area contributed by atoms with Crippen LogP contribution >= 0.6 is 0 Å². The van der Waals surface area contributed by atoms with Crippen LogP contribution in [0.15, 0.2) is 16.7 Å². The highest BCUT2D eigenvalue weighted by Gasteiger charge is 2.33. The van der Waals surface area contributed by atoms with Gasteiger partial charge in [-0.2, -0.15) is 5.10 Å². The number of anilines is 1. The minimum absolute atomic E-state index is 0.0728. The molecule has 2 amide bonds. The summed E-state index contributed by atoms with van der Waals surface area (Å²) in [6.07, 6.45) is 3.08. The van der Waals surface area contributed by atoms with Gasteiger partial charge in [0.2, 0.25) is 5.91 Å². The minimum Gasteiger partial charge on any atom is -0.465 e. The number of amides is 2. The number of carbonyl (C=O) groups is 2. The van der Waals surface area contributed by atoms with Gasteiger partial charge in [0.05, 0.1) is 31.4 Å². The second-order valence-electron chi connectivity index (χ2n) is 8.18. The Morgan fingerprint density at radius 2 is 2.23 bits per heavy atom. The molecule has 3 N–H and O–H groups in total. The van der Waals surface area contributed by atoms with Crippen molar-refractivity contribution in [3.05, 3.63) is 29.3 Å². The van der Waals surface area contributed by atoms with Gasteiger partial charge in [-0.05, 0) is 38.5 Å². The number of hydrogen-bond donors (Lipinski definition) is 3. The molecule has 3 heterocycles. The standard InChI is InChI=1S/C20H27N5O5/c1-12-6-16(30-24-12)9-19(26)21-18-10-17(22-23-18)14-3-2-13(7-14)8-15-11-29-5-4-25(15)20(27)28/h6,10,13-15H,2-5,7-9,11H2,1H3,(H,27,28)(H2,21,22,23,26)/t13?,14?,15-/m0/s1. The van der Waals surface area contributed by atoms with E-state index in [4.69, 9.17) is 9.26 Å². The van der Waals surface area contributed by atoms with Crippen molar-refractivity contribution in [2.75, 3.05) is 25.1 Å². The number of nitrogens with zero attached hydrogens (tertiary/aromatic N) is 3. The second-order valence-corrected chi connectivity index (χ2v) is 8.18. The molecule has 2 fully saturated rings. The number of carbonyl (C=O) groups excluding carboxylic acids is 1. The van der Waals surface area contributed by atoms with Crippen molar-refractivity contribution >= 4 is 17.8 Å². The fourth-order valence-electron chi connectivity index (χ4n) is 4.51. The summed E-state index contributed by atoms with van der Waals surface area (Å²) < 4.78 is 10.6. The van der Waals surface area contributed by atoms with E-state index in [1.807, 2.05) is 6.07 Å². The summed E-state index contributed by atoms with van der Waals surface area (Å²) in [6.45, 7) is 3.18. The fourth-order valence-corrected chi connectivity index (χ4v) is 4.51. The lowest BCUT2D eigenvalue weighted by Gasteiger charge is -2.34. The number of rotatable bonds is 6. The summed E-state index contributed by atoms with van der Waals surface area (Å²) in [7, 11) is 0. The lowest BCUT2D eigenvalue weighted by Crippen LogP contribution is -2.48. The van der Waals surface area contributed by atoms with Crippen LogP contribution < -0.4 is 5.32 Å². The first-order valence-electron chi connectivity index (χ1n) is 10.3. The van der Waals surface area contributed by atoms with Crippen molar-refractivity contribution in [1.82, 2.24) is 20.3 Å². The number of H-pyrrole nitrogens is 1. The third-order valence-electron chi connectivity index (χ3n) is 5.94. The van der Waals surface area contributed by atoms with Crippen molar-refractivity contribution in [3.8, 4) is 0 Å². The van der Waals surface area contributed by atoms with Crippen LogP contribution in [0.4, 0.5) is 10.6 Å². The summed E-state index contributed by atoms with van der Waals surface area (Å²) in [5.74, 6) is 1.57. The van der Waals surface area contributed by atoms with Crippen molar-refractivity contribution in [2.24, 2.45) is 5.92 Å². The van der Waals surface area contributed by atoms with Gasteiger partial charge in [0, 0.05) is 30.3 Å². The number of ether oxygens (including phenoxy) is 1. The van der Waals surface area contributed by atoms with E-state index in [1.165, 1.54) is 4.90 Å². The quantitative estimate of drug-likeness (QED) is 0.657. The van der Waals surface area contributed by atoms with Crippen molar-refractivity contribution in [2.45, 2.75) is 51.0 Å². The zero-order chi connectivity index (χ0) is 21.1. The average molecular weight is 417 g/mol. The highest BCUT2D eigenvalue weighted by atomic mass is 16.5. The molecular weight excluding hydrogens is 390 g/mol. The van der Waals surface area contributed by atoms with E-state index in [-0.39, 0.29) is 18.4 Å². The van der Waals surface area contributed by atoms with Gasteiger partial charge in [-0.3, -0.25) is 9.89 Å². The molecule has 0 aromatic carbocycles. The molecule has 0 radical (unpaired) electrons. The van der Waals surface area contributed by atoms with Gasteiger partial charge in [0.1, 0.15) is 5.76 Å². The predicted octanol–water partition coefficient (Wildman–Crippen LogP) is 2.54. The van der Waals surface area contributed by atoms with Crippen LogP contribution in [0.1, 0.15) is 48.7 Å². The molecule has 10 heteroatoms. The lowest BCUT2D eigenvalue weighted by molar-refractivity contribution is -0.115. The topological polar surface area (TPSA) is 134 Å². The molecule has 1 aliphatic heterocycles. The van der Waals surface area contributed by atoms with Crippen LogP contribution in [0.2, 0.25) is 0 Å². The molecule has 3 atom stereocenters. The summed E-state index contributed by atoms with van der Waals surface area (Å²) in [4.78, 5) is 25.1. The molecule has 1 aliphatic carbocycles. The molecule has 1 saturated carbocycles. The molecule has 2 aliphatic rings. The highest BCUT2D eigenvalue weighted by molar-refractivity contribution is 5.91. The molecule has 1 saturated heterocycles. The number of hydrogen-bond acceptors (Lipinski definition) is 6. The van der Waals surface area contributed by atoms with E-state index in [0.29, 0.717) is 43.2 Å². The Hall–Kier alpha value is -2.88. The molecule has 162 valence electrons. The first-order chi connectivity index (χ1) is 14.5. The van der Waals surface area contributed by atoms with E-state index < -0.39 is 6.09 Å². The first kappa shape index (κ1) is 20.4. The zero-order valence-electron chi connectivity index (χ0n) is 17.0. The SMILES string of the molecule is Cc1cc(CC(=O)Nc2cc(C3CCC(C[C@H]4COCCN4C(=O)O)C3)[nH]n2)on1. The van der Waals surface area contributed by atoms with Crippen molar-refractivity contribution in [3.63, 3.8) is 0 Å². The molecule has 0 bridgehead atoms. The van der Waals surface area contributed by atoms with Gasteiger partial charge in [0.15, 0.2) is 5.82 Å². The van der Waals surface area contributed by atoms with Gasteiger partial charge < -0.3 is 24.6 Å². The first-order valence-corrected chi connectivity index (χ1v) is 10.3. The molecule has 2 aromatic heterocycles. The number of nitrogens with one attached hydrogen (secondary N) is 2. The Morgan fingerprint density at radius 1 is 1.37 bits per heavy atom. The molecule has 2 aromatic rings. The largest absolute Gasteiger partial charge is 0.465 e. The smallest absolute Gasteiger partial charge is 0.407 e. The molecule has 10 nitrogen and oxygen atoms in total. The summed E-state index contributed by atoms with van der Waals surface area (Å²) in [5, 5.41) is 23.2. The molecule has 4 rings (SSSR count). The van der Waals surface area contributed by atoms with E-state index in [1.54, 1.807) is 13.0 Å². The maximum Gasteiger partial charge on any atom is 0.407 e. The Balaban J connectivity index is 1.29. The van der Waals surface area contributed by atoms with Gasteiger partial charge in [-0.25, -0.2) is 4.79 Å². The Kier molecular flexibility index (Phi) is 6.03. The van der Waals surface area contributed by atoms with E-state index in [9.17, 15) is 14.7 Å². The number of aryl methyl sites for hydroxylation is 1. The normalized spacial score (nSPS) is 24.2. The maximum absolute atomic E-state index is 12.2. The second kappa shape index (κ2) is 8.86. The van der Waals surface area contributed by atoms with Crippen LogP contribution in [-0.4, -0.2) is 63.2 Å². The van der Waals surface area contributed by atoms with Crippen molar-refractivity contribution in [1.29, 1.82) is 0 Å².